The first-order valence-corrected chi connectivity index (χ1v) is 6.72. The second kappa shape index (κ2) is 8.27. The van der Waals surface area contributed by atoms with Gasteiger partial charge in [0.2, 0.25) is 0 Å². The molecule has 0 aliphatic heterocycles. The topological polar surface area (TPSA) is 54.0 Å². The summed E-state index contributed by atoms with van der Waals surface area (Å²) >= 11 is 0. The second-order valence-electron chi connectivity index (χ2n) is 4.99. The summed E-state index contributed by atoms with van der Waals surface area (Å²) in [5.41, 5.74) is 1.46. The van der Waals surface area contributed by atoms with E-state index < -0.39 is 0 Å². The standard InChI is InChI=1S/C16H19N3O.ClH/c1-12(2)11-18-16(20)14-9-6-10-17-15(14)19-13-7-4-3-5-8-13;/h3-10,12H,11H2,1-2H3,(H,17,19)(H,18,20);1H. The lowest BCUT2D eigenvalue weighted by Crippen LogP contribution is -2.28. The van der Waals surface area contributed by atoms with Gasteiger partial charge in [-0.1, -0.05) is 32.0 Å². The molecule has 0 radical (unpaired) electrons. The molecule has 1 amide bonds. The molecular weight excluding hydrogens is 286 g/mol. The molecule has 21 heavy (non-hydrogen) atoms. The fourth-order valence-corrected chi connectivity index (χ4v) is 1.74. The van der Waals surface area contributed by atoms with Crippen LogP contribution in [0.3, 0.4) is 0 Å². The van der Waals surface area contributed by atoms with Gasteiger partial charge in [0.15, 0.2) is 0 Å². The van der Waals surface area contributed by atoms with E-state index in [0.717, 1.165) is 5.69 Å². The Kier molecular flexibility index (Phi) is 6.69. The van der Waals surface area contributed by atoms with Gasteiger partial charge < -0.3 is 10.6 Å². The van der Waals surface area contributed by atoms with Crippen LogP contribution < -0.4 is 10.6 Å². The Morgan fingerprint density at radius 1 is 1.14 bits per heavy atom. The molecule has 5 heteroatoms. The largest absolute Gasteiger partial charge is 0.352 e. The molecule has 0 fully saturated rings. The number of pyridine rings is 1. The minimum Gasteiger partial charge on any atom is -0.352 e. The molecular formula is C16H20ClN3O. The molecule has 112 valence electrons. The molecule has 2 N–H and O–H groups in total. The molecule has 0 aliphatic carbocycles. The molecule has 4 nitrogen and oxygen atoms in total. The van der Waals surface area contributed by atoms with Gasteiger partial charge in [-0.3, -0.25) is 4.79 Å². The maximum Gasteiger partial charge on any atom is 0.255 e. The highest BCUT2D eigenvalue weighted by Crippen LogP contribution is 2.17. The van der Waals surface area contributed by atoms with Gasteiger partial charge in [0.05, 0.1) is 5.56 Å². The van der Waals surface area contributed by atoms with E-state index >= 15 is 0 Å². The summed E-state index contributed by atoms with van der Waals surface area (Å²) in [6.07, 6.45) is 1.67. The van der Waals surface area contributed by atoms with E-state index in [1.807, 2.05) is 30.3 Å². The lowest BCUT2D eigenvalue weighted by Gasteiger charge is -2.12. The van der Waals surface area contributed by atoms with E-state index in [1.54, 1.807) is 18.3 Å². The number of nitrogens with zero attached hydrogens (tertiary/aromatic N) is 1. The van der Waals surface area contributed by atoms with Gasteiger partial charge in [0.1, 0.15) is 5.82 Å². The minimum absolute atomic E-state index is 0. The average molecular weight is 306 g/mol. The predicted molar refractivity (Wildman–Crippen MR) is 88.4 cm³/mol. The minimum atomic E-state index is -0.106. The summed E-state index contributed by atoms with van der Waals surface area (Å²) in [6, 6.07) is 13.2. The van der Waals surface area contributed by atoms with Crippen LogP contribution in [0.15, 0.2) is 48.7 Å². The predicted octanol–water partition coefficient (Wildman–Crippen LogP) is 3.63. The fourth-order valence-electron chi connectivity index (χ4n) is 1.74. The number of carbonyl (C=O) groups excluding carboxylic acids is 1. The molecule has 0 bridgehead atoms. The molecule has 0 saturated heterocycles. The summed E-state index contributed by atoms with van der Waals surface area (Å²) in [7, 11) is 0. The number of halogens is 1. The molecule has 2 rings (SSSR count). The van der Waals surface area contributed by atoms with Crippen LogP contribution in [0.4, 0.5) is 11.5 Å². The van der Waals surface area contributed by atoms with Gasteiger partial charge in [-0.2, -0.15) is 0 Å². The smallest absolute Gasteiger partial charge is 0.255 e. The van der Waals surface area contributed by atoms with Crippen LogP contribution in [-0.4, -0.2) is 17.4 Å². The first-order chi connectivity index (χ1) is 9.66. The monoisotopic (exact) mass is 305 g/mol. The average Bonchev–Trinajstić information content (AvgIpc) is 2.46. The van der Waals surface area contributed by atoms with Crippen molar-refractivity contribution >= 4 is 29.8 Å². The number of rotatable bonds is 5. The van der Waals surface area contributed by atoms with Crippen molar-refractivity contribution in [2.75, 3.05) is 11.9 Å². The summed E-state index contributed by atoms with van der Waals surface area (Å²) in [5, 5.41) is 6.07. The lowest BCUT2D eigenvalue weighted by atomic mass is 10.2. The van der Waals surface area contributed by atoms with E-state index in [2.05, 4.69) is 29.5 Å². The van der Waals surface area contributed by atoms with Crippen LogP contribution in [0, 0.1) is 5.92 Å². The highest BCUT2D eigenvalue weighted by Gasteiger charge is 2.12. The first-order valence-electron chi connectivity index (χ1n) is 6.72. The quantitative estimate of drug-likeness (QED) is 0.887. The van der Waals surface area contributed by atoms with Gasteiger partial charge in [-0.05, 0) is 30.2 Å². The van der Waals surface area contributed by atoms with Crippen LogP contribution in [0.1, 0.15) is 24.2 Å². The fraction of sp³-hybridized carbons (Fsp3) is 0.250. The highest BCUT2D eigenvalue weighted by molar-refractivity contribution is 5.99. The number of benzene rings is 1. The zero-order chi connectivity index (χ0) is 14.4. The Hall–Kier alpha value is -2.07. The van der Waals surface area contributed by atoms with E-state index in [1.165, 1.54) is 0 Å². The molecule has 0 atom stereocenters. The number of aromatic nitrogens is 1. The molecule has 0 aliphatic rings. The van der Waals surface area contributed by atoms with Crippen LogP contribution in [0.5, 0.6) is 0 Å². The van der Waals surface area contributed by atoms with Crippen molar-refractivity contribution in [3.63, 3.8) is 0 Å². The molecule has 0 saturated carbocycles. The molecule has 1 aromatic heterocycles. The number of nitrogens with one attached hydrogen (secondary N) is 2. The number of carbonyl (C=O) groups is 1. The maximum atomic E-state index is 12.2. The Balaban J connectivity index is 0.00000220. The summed E-state index contributed by atoms with van der Waals surface area (Å²) < 4.78 is 0. The Morgan fingerprint density at radius 3 is 2.52 bits per heavy atom. The van der Waals surface area contributed by atoms with Crippen LogP contribution in [0.2, 0.25) is 0 Å². The third kappa shape index (κ3) is 5.08. The zero-order valence-electron chi connectivity index (χ0n) is 12.2. The van der Waals surface area contributed by atoms with Gasteiger partial charge in [-0.15, -0.1) is 12.4 Å². The molecule has 0 spiro atoms. The van der Waals surface area contributed by atoms with Gasteiger partial charge in [0, 0.05) is 18.4 Å². The molecule has 1 heterocycles. The maximum absolute atomic E-state index is 12.2. The SMILES string of the molecule is CC(C)CNC(=O)c1cccnc1Nc1ccccc1.Cl. The van der Waals surface area contributed by atoms with E-state index in [0.29, 0.717) is 23.8 Å². The summed E-state index contributed by atoms with van der Waals surface area (Å²) in [4.78, 5) is 16.4. The third-order valence-corrected chi connectivity index (χ3v) is 2.76. The Morgan fingerprint density at radius 2 is 1.86 bits per heavy atom. The highest BCUT2D eigenvalue weighted by atomic mass is 35.5. The Bertz CT molecular complexity index is 573. The van der Waals surface area contributed by atoms with Crippen molar-refractivity contribution in [3.8, 4) is 0 Å². The van der Waals surface area contributed by atoms with E-state index in [4.69, 9.17) is 0 Å². The van der Waals surface area contributed by atoms with Crippen LogP contribution >= 0.6 is 12.4 Å². The van der Waals surface area contributed by atoms with E-state index in [-0.39, 0.29) is 18.3 Å². The van der Waals surface area contributed by atoms with Gasteiger partial charge in [0.25, 0.3) is 5.91 Å². The van der Waals surface area contributed by atoms with Gasteiger partial charge >= 0.3 is 0 Å². The number of hydrogen-bond acceptors (Lipinski definition) is 3. The number of amides is 1. The molecule has 1 aromatic carbocycles. The van der Waals surface area contributed by atoms with Crippen molar-refractivity contribution in [1.29, 1.82) is 0 Å². The number of hydrogen-bond donors (Lipinski definition) is 2. The van der Waals surface area contributed by atoms with Crippen molar-refractivity contribution in [1.82, 2.24) is 10.3 Å². The van der Waals surface area contributed by atoms with Crippen molar-refractivity contribution in [3.05, 3.63) is 54.2 Å². The van der Waals surface area contributed by atoms with Gasteiger partial charge in [-0.25, -0.2) is 4.98 Å². The first kappa shape index (κ1) is 17.0. The summed E-state index contributed by atoms with van der Waals surface area (Å²) in [6.45, 7) is 4.78. The zero-order valence-corrected chi connectivity index (χ0v) is 13.0. The lowest BCUT2D eigenvalue weighted by molar-refractivity contribution is 0.0949. The van der Waals surface area contributed by atoms with E-state index in [9.17, 15) is 4.79 Å². The summed E-state index contributed by atoms with van der Waals surface area (Å²) in [5.74, 6) is 0.881. The number of para-hydroxylation sites is 1. The normalized spacial score (nSPS) is 9.86. The van der Waals surface area contributed by atoms with Crippen LogP contribution in [-0.2, 0) is 0 Å². The van der Waals surface area contributed by atoms with Crippen molar-refractivity contribution in [2.45, 2.75) is 13.8 Å². The second-order valence-corrected chi connectivity index (χ2v) is 4.99. The molecule has 0 unspecified atom stereocenters. The van der Waals surface area contributed by atoms with Crippen LogP contribution in [0.25, 0.3) is 0 Å². The number of anilines is 2. The Labute approximate surface area is 131 Å². The third-order valence-electron chi connectivity index (χ3n) is 2.76. The van der Waals surface area contributed by atoms with Crippen molar-refractivity contribution < 1.29 is 4.79 Å². The molecule has 2 aromatic rings. The van der Waals surface area contributed by atoms with Crippen molar-refractivity contribution in [2.24, 2.45) is 5.92 Å².